The quantitative estimate of drug-likeness (QED) is 0.196. The molecule has 4 nitrogen and oxygen atoms in total. The van der Waals surface area contributed by atoms with E-state index in [1.54, 1.807) is 7.11 Å². The SMILES string of the molecule is COC(=O)C1C=C(OC)[O][Ge]([c]2c(C)cc(C)cc2C)([c]2c(C)cc(C)cc2C)[C]12c1ccccc1-c1ccccc12. The number of fused-ring (bicyclic) bond motifs is 5. The fraction of sp³-hybridized carbons (Fsp3) is 0.270. The molecule has 1 atom stereocenters. The third kappa shape index (κ3) is 3.70. The van der Waals surface area contributed by atoms with E-state index in [4.69, 9.17) is 13.2 Å². The van der Waals surface area contributed by atoms with E-state index in [1.165, 1.54) is 49.3 Å². The number of hydrogen-bond acceptors (Lipinski definition) is 4. The minimum atomic E-state index is -4.44. The van der Waals surface area contributed by atoms with E-state index < -0.39 is 23.8 Å². The molecule has 1 unspecified atom stereocenters. The van der Waals surface area contributed by atoms with Crippen molar-refractivity contribution in [3.63, 3.8) is 0 Å². The van der Waals surface area contributed by atoms with Crippen molar-refractivity contribution in [2.45, 2.75) is 45.8 Å². The van der Waals surface area contributed by atoms with Gasteiger partial charge in [-0.2, -0.15) is 0 Å². The Labute approximate surface area is 252 Å². The van der Waals surface area contributed by atoms with Gasteiger partial charge in [0.2, 0.25) is 0 Å². The molecule has 1 heterocycles. The summed E-state index contributed by atoms with van der Waals surface area (Å²) in [6, 6.07) is 26.2. The van der Waals surface area contributed by atoms with Crippen LogP contribution in [0, 0.1) is 47.5 Å². The molecule has 0 radical (unpaired) electrons. The van der Waals surface area contributed by atoms with Gasteiger partial charge in [-0.3, -0.25) is 0 Å². The van der Waals surface area contributed by atoms with Gasteiger partial charge in [-0.1, -0.05) is 0 Å². The first kappa shape index (κ1) is 28.4. The molecular formula is C37H38GeO4. The Bertz CT molecular complexity index is 1630. The average Bonchev–Trinajstić information content (AvgIpc) is 3.24. The third-order valence-electron chi connectivity index (χ3n) is 9.29. The van der Waals surface area contributed by atoms with E-state index in [2.05, 4.69) is 114 Å². The summed E-state index contributed by atoms with van der Waals surface area (Å²) in [6.07, 6.45) is 1.87. The molecule has 0 saturated carbocycles. The van der Waals surface area contributed by atoms with Crippen molar-refractivity contribution >= 4 is 28.4 Å². The van der Waals surface area contributed by atoms with Gasteiger partial charge in [0.15, 0.2) is 0 Å². The molecule has 42 heavy (non-hydrogen) atoms. The maximum atomic E-state index is 14.3. The number of esters is 1. The van der Waals surface area contributed by atoms with Crippen LogP contribution in [-0.2, 0) is 22.3 Å². The molecule has 0 saturated heterocycles. The van der Waals surface area contributed by atoms with E-state index in [9.17, 15) is 4.79 Å². The maximum absolute atomic E-state index is 14.3. The van der Waals surface area contributed by atoms with Crippen LogP contribution in [-0.4, -0.2) is 33.8 Å². The van der Waals surface area contributed by atoms with Crippen LogP contribution in [0.3, 0.4) is 0 Å². The summed E-state index contributed by atoms with van der Waals surface area (Å²) in [4.78, 5) is 14.3. The number of carbonyl (C=O) groups excluding carboxylic acids is 1. The van der Waals surface area contributed by atoms with Gasteiger partial charge in [-0.15, -0.1) is 0 Å². The van der Waals surface area contributed by atoms with Crippen LogP contribution in [0.4, 0.5) is 0 Å². The first-order valence-electron chi connectivity index (χ1n) is 14.5. The number of methoxy groups -OCH3 is 2. The van der Waals surface area contributed by atoms with Crippen LogP contribution in [0.2, 0.25) is 0 Å². The van der Waals surface area contributed by atoms with Gasteiger partial charge < -0.3 is 0 Å². The normalized spacial score (nSPS) is 17.6. The third-order valence-corrected chi connectivity index (χ3v) is 20.7. The predicted molar refractivity (Wildman–Crippen MR) is 171 cm³/mol. The summed E-state index contributed by atoms with van der Waals surface area (Å²) < 4.78 is 20.8. The Balaban J connectivity index is 1.96. The van der Waals surface area contributed by atoms with Gasteiger partial charge >= 0.3 is 253 Å². The minimum absolute atomic E-state index is 0.292. The summed E-state index contributed by atoms with van der Waals surface area (Å²) in [5.74, 6) is -0.577. The molecular weight excluding hydrogens is 581 g/mol. The zero-order chi connectivity index (χ0) is 30.0. The Morgan fingerprint density at radius 1 is 0.714 bits per heavy atom. The van der Waals surface area contributed by atoms with Crippen LogP contribution >= 0.6 is 0 Å². The average molecular weight is 619 g/mol. The van der Waals surface area contributed by atoms with Crippen molar-refractivity contribution < 1.29 is 18.0 Å². The van der Waals surface area contributed by atoms with Gasteiger partial charge in [-0.05, 0) is 0 Å². The molecule has 0 aromatic heterocycles. The topological polar surface area (TPSA) is 44.8 Å². The zero-order valence-electron chi connectivity index (χ0n) is 25.7. The van der Waals surface area contributed by atoms with Gasteiger partial charge in [0.05, 0.1) is 0 Å². The molecule has 0 N–H and O–H groups in total. The molecule has 4 aromatic rings. The molecule has 1 aliphatic carbocycles. The molecule has 0 bridgehead atoms. The second-order valence-electron chi connectivity index (χ2n) is 11.9. The van der Waals surface area contributed by atoms with Crippen LogP contribution in [0.5, 0.6) is 0 Å². The number of hydrogen-bond donors (Lipinski definition) is 0. The van der Waals surface area contributed by atoms with Crippen molar-refractivity contribution in [2.24, 2.45) is 5.92 Å². The Morgan fingerprint density at radius 3 is 1.55 bits per heavy atom. The fourth-order valence-electron chi connectivity index (χ4n) is 8.30. The van der Waals surface area contributed by atoms with E-state index >= 15 is 0 Å². The Morgan fingerprint density at radius 2 is 1.14 bits per heavy atom. The summed E-state index contributed by atoms with van der Waals surface area (Å²) in [7, 11) is 3.11. The van der Waals surface area contributed by atoms with Crippen LogP contribution in [0.15, 0.2) is 84.8 Å². The van der Waals surface area contributed by atoms with Crippen molar-refractivity contribution in [3.05, 3.63) is 129 Å². The fourth-order valence-corrected chi connectivity index (χ4v) is 21.3. The number of rotatable bonds is 4. The molecule has 5 heteroatoms. The van der Waals surface area contributed by atoms with E-state index in [1.807, 2.05) is 6.08 Å². The predicted octanol–water partition coefficient (Wildman–Crippen LogP) is 6.41. The van der Waals surface area contributed by atoms with Gasteiger partial charge in [0.25, 0.3) is 0 Å². The molecule has 6 rings (SSSR count). The summed E-state index contributed by atoms with van der Waals surface area (Å²) >= 11 is -4.44. The van der Waals surface area contributed by atoms with Crippen molar-refractivity contribution in [1.29, 1.82) is 0 Å². The number of ether oxygens (including phenoxy) is 2. The Kier molecular flexibility index (Phi) is 6.89. The van der Waals surface area contributed by atoms with Gasteiger partial charge in [0.1, 0.15) is 0 Å². The van der Waals surface area contributed by atoms with E-state index in [0.717, 1.165) is 22.3 Å². The summed E-state index contributed by atoms with van der Waals surface area (Å²) in [6.45, 7) is 13.1. The molecule has 0 fully saturated rings. The van der Waals surface area contributed by atoms with E-state index in [-0.39, 0.29) is 5.97 Å². The molecule has 214 valence electrons. The molecule has 4 aromatic carbocycles. The number of aryl methyl sites for hydroxylation is 6. The first-order valence-corrected chi connectivity index (χ1v) is 18.5. The molecule has 2 aliphatic rings. The van der Waals surface area contributed by atoms with Crippen LogP contribution in [0.1, 0.15) is 44.5 Å². The van der Waals surface area contributed by atoms with Crippen LogP contribution < -0.4 is 8.79 Å². The molecule has 0 amide bonds. The van der Waals surface area contributed by atoms with Crippen molar-refractivity contribution in [2.75, 3.05) is 14.2 Å². The monoisotopic (exact) mass is 620 g/mol. The standard InChI is InChI=1S/C37H38GeO4/c1-22-17-24(3)34(25(4)18-22)38(35-26(5)19-23(2)20-27(35)6)37(32(36(39)41-8)21-33(40-7)42-38)30-15-11-9-13-28(30)29-14-10-12-16-31(29)37/h9-21,32H,1-8H3. The van der Waals surface area contributed by atoms with E-state index in [0.29, 0.717) is 5.95 Å². The molecule has 1 aliphatic heterocycles. The number of benzene rings is 4. The second-order valence-corrected chi connectivity index (χ2v) is 19.0. The van der Waals surface area contributed by atoms with Crippen molar-refractivity contribution in [1.82, 2.24) is 0 Å². The Hall–Kier alpha value is -3.77. The summed E-state index contributed by atoms with van der Waals surface area (Å²) in [5, 5.41) is 0. The van der Waals surface area contributed by atoms with Gasteiger partial charge in [0, 0.05) is 0 Å². The first-order chi connectivity index (χ1) is 20.1. The van der Waals surface area contributed by atoms with Crippen LogP contribution in [0.25, 0.3) is 11.1 Å². The van der Waals surface area contributed by atoms with Gasteiger partial charge in [-0.25, -0.2) is 0 Å². The zero-order valence-corrected chi connectivity index (χ0v) is 27.8. The second kappa shape index (κ2) is 10.2. The summed E-state index contributed by atoms with van der Waals surface area (Å²) in [5.41, 5.74) is 11.6. The van der Waals surface area contributed by atoms with Crippen molar-refractivity contribution in [3.8, 4) is 11.1 Å². The number of carbonyl (C=O) groups is 1. The molecule has 1 spiro atoms.